The molecule has 0 radical (unpaired) electrons. The first-order chi connectivity index (χ1) is 15.6. The van der Waals surface area contributed by atoms with Crippen molar-refractivity contribution in [3.05, 3.63) is 29.8 Å². The first-order valence-electron chi connectivity index (χ1n) is 11.8. The average Bonchev–Trinajstić information content (AvgIpc) is 3.09. The molecule has 5 unspecified atom stereocenters. The summed E-state index contributed by atoms with van der Waals surface area (Å²) < 4.78 is 11.4. The number of aliphatic hydroxyl groups is 2. The minimum atomic E-state index is -1.02. The molecule has 8 atom stereocenters. The summed E-state index contributed by atoms with van der Waals surface area (Å²) in [6.45, 7) is 5.89. The van der Waals surface area contributed by atoms with E-state index in [1.54, 1.807) is 18.9 Å². The molecule has 0 bridgehead atoms. The largest absolute Gasteiger partial charge is 0.392 e. The van der Waals surface area contributed by atoms with Crippen LogP contribution in [0.3, 0.4) is 0 Å². The van der Waals surface area contributed by atoms with Crippen LogP contribution in [-0.2, 0) is 24.5 Å². The zero-order valence-electron chi connectivity index (χ0n) is 20.1. The van der Waals surface area contributed by atoms with Crippen molar-refractivity contribution in [2.24, 2.45) is 17.8 Å². The Morgan fingerprint density at radius 3 is 2.64 bits per heavy atom. The molecule has 2 fully saturated rings. The molecule has 4 rings (SSSR count). The van der Waals surface area contributed by atoms with Crippen molar-refractivity contribution in [2.75, 3.05) is 32.2 Å². The number of carbonyl (C=O) groups excluding carboxylic acids is 2. The molecule has 1 aliphatic carbocycles. The van der Waals surface area contributed by atoms with E-state index in [1.807, 2.05) is 36.1 Å². The van der Waals surface area contributed by atoms with Gasteiger partial charge in [0.25, 0.3) is 0 Å². The lowest BCUT2D eigenvalue weighted by molar-refractivity contribution is -0.218. The summed E-state index contributed by atoms with van der Waals surface area (Å²) in [6, 6.07) is 7.42. The maximum Gasteiger partial charge on any atom is 0.224 e. The Morgan fingerprint density at radius 2 is 2.00 bits per heavy atom. The second-order valence-electron chi connectivity index (χ2n) is 9.90. The second-order valence-corrected chi connectivity index (χ2v) is 9.90. The normalized spacial score (nSPS) is 35.9. The Bertz CT molecular complexity index is 905. The van der Waals surface area contributed by atoms with E-state index in [1.165, 1.54) is 14.0 Å². The van der Waals surface area contributed by atoms with Crippen molar-refractivity contribution in [1.82, 2.24) is 4.90 Å². The predicted octanol–water partition coefficient (Wildman–Crippen LogP) is 1.52. The summed E-state index contributed by atoms with van der Waals surface area (Å²) in [5.74, 6) is -0.640. The van der Waals surface area contributed by atoms with E-state index in [2.05, 4.69) is 0 Å². The fourth-order valence-corrected chi connectivity index (χ4v) is 6.75. The van der Waals surface area contributed by atoms with Gasteiger partial charge in [-0.05, 0) is 37.3 Å². The lowest BCUT2D eigenvalue weighted by Gasteiger charge is -2.57. The number of hydrogen-bond acceptors (Lipinski definition) is 6. The number of ether oxygens (including phenoxy) is 2. The van der Waals surface area contributed by atoms with Crippen LogP contribution < -0.4 is 4.90 Å². The highest BCUT2D eigenvalue weighted by Gasteiger charge is 2.65. The highest BCUT2D eigenvalue weighted by atomic mass is 16.6. The number of methoxy groups -OCH3 is 1. The molecule has 8 nitrogen and oxygen atoms in total. The highest BCUT2D eigenvalue weighted by molar-refractivity contribution is 5.96. The van der Waals surface area contributed by atoms with E-state index < -0.39 is 17.8 Å². The molecule has 182 valence electrons. The van der Waals surface area contributed by atoms with E-state index in [-0.39, 0.29) is 41.7 Å². The Balaban J connectivity index is 1.84. The molecule has 0 spiro atoms. The lowest BCUT2D eigenvalue weighted by atomic mass is 9.54. The number of rotatable bonds is 5. The maximum atomic E-state index is 13.0. The van der Waals surface area contributed by atoms with E-state index in [0.29, 0.717) is 26.0 Å². The number of hydrogen-bond donors (Lipinski definition) is 2. The van der Waals surface area contributed by atoms with Crippen molar-refractivity contribution >= 4 is 17.5 Å². The van der Waals surface area contributed by atoms with Gasteiger partial charge in [-0.1, -0.05) is 18.2 Å². The van der Waals surface area contributed by atoms with E-state index in [9.17, 15) is 19.8 Å². The first-order valence-corrected chi connectivity index (χ1v) is 11.8. The fraction of sp³-hybridized carbons (Fsp3) is 0.680. The summed E-state index contributed by atoms with van der Waals surface area (Å²) in [5, 5.41) is 22.5. The predicted molar refractivity (Wildman–Crippen MR) is 123 cm³/mol. The highest BCUT2D eigenvalue weighted by Crippen LogP contribution is 2.59. The molecular weight excluding hydrogens is 424 g/mol. The molecular formula is C25H36N2O6. The second kappa shape index (κ2) is 8.98. The van der Waals surface area contributed by atoms with E-state index in [4.69, 9.17) is 9.47 Å². The molecule has 2 aliphatic heterocycles. The molecule has 1 aromatic rings. The van der Waals surface area contributed by atoms with Crippen molar-refractivity contribution in [3.8, 4) is 0 Å². The maximum absolute atomic E-state index is 13.0. The third kappa shape index (κ3) is 3.67. The summed E-state index contributed by atoms with van der Waals surface area (Å²) in [7, 11) is 3.22. The van der Waals surface area contributed by atoms with Crippen molar-refractivity contribution < 1.29 is 29.3 Å². The minimum absolute atomic E-state index is 0.0427. The molecule has 2 N–H and O–H groups in total. The third-order valence-corrected chi connectivity index (χ3v) is 8.41. The van der Waals surface area contributed by atoms with Gasteiger partial charge in [-0.2, -0.15) is 0 Å². The van der Waals surface area contributed by atoms with Gasteiger partial charge in [0.15, 0.2) is 6.29 Å². The number of benzene rings is 1. The van der Waals surface area contributed by atoms with Crippen LogP contribution in [0.2, 0.25) is 0 Å². The molecule has 1 saturated heterocycles. The molecule has 2 heterocycles. The van der Waals surface area contributed by atoms with Crippen LogP contribution in [0.5, 0.6) is 0 Å². The number of nitrogens with zero attached hydrogens (tertiary/aromatic N) is 2. The smallest absolute Gasteiger partial charge is 0.224 e. The Kier molecular flexibility index (Phi) is 6.57. The first kappa shape index (κ1) is 24.1. The number of fused-ring (bicyclic) bond motifs is 5. The van der Waals surface area contributed by atoms with Gasteiger partial charge in [0, 0.05) is 57.5 Å². The van der Waals surface area contributed by atoms with Crippen LogP contribution >= 0.6 is 0 Å². The van der Waals surface area contributed by atoms with E-state index >= 15 is 0 Å². The van der Waals surface area contributed by atoms with Crippen molar-refractivity contribution in [1.29, 1.82) is 0 Å². The van der Waals surface area contributed by atoms with Gasteiger partial charge in [0.05, 0.1) is 24.9 Å². The van der Waals surface area contributed by atoms with Gasteiger partial charge in [-0.15, -0.1) is 0 Å². The quantitative estimate of drug-likeness (QED) is 0.647. The average molecular weight is 461 g/mol. The monoisotopic (exact) mass is 460 g/mol. The SMILES string of the molecule is COC(O)[C@@H]1C2CC(O)C3(CCN(C)C(C)=O)c4ccccc4N(C(C)=O)[C@H]3C2CO[C@@H]1C. The number of para-hydroxylation sites is 1. The van der Waals surface area contributed by atoms with Gasteiger partial charge < -0.3 is 29.5 Å². The third-order valence-electron chi connectivity index (χ3n) is 8.41. The van der Waals surface area contributed by atoms with Gasteiger partial charge >= 0.3 is 0 Å². The van der Waals surface area contributed by atoms with Gasteiger partial charge in [-0.3, -0.25) is 9.59 Å². The Morgan fingerprint density at radius 1 is 1.30 bits per heavy atom. The van der Waals surface area contributed by atoms with Crippen LogP contribution in [0.25, 0.3) is 0 Å². The lowest BCUT2D eigenvalue weighted by Crippen LogP contribution is -2.67. The van der Waals surface area contributed by atoms with Gasteiger partial charge in [0.2, 0.25) is 11.8 Å². The molecule has 0 aromatic heterocycles. The zero-order chi connectivity index (χ0) is 24.1. The Labute approximate surface area is 195 Å². The van der Waals surface area contributed by atoms with Crippen LogP contribution in [0.15, 0.2) is 24.3 Å². The minimum Gasteiger partial charge on any atom is -0.392 e. The number of aliphatic hydroxyl groups excluding tert-OH is 2. The van der Waals surface area contributed by atoms with Crippen LogP contribution in [0, 0.1) is 17.8 Å². The van der Waals surface area contributed by atoms with Crippen LogP contribution in [0.4, 0.5) is 5.69 Å². The summed E-state index contributed by atoms with van der Waals surface area (Å²) >= 11 is 0. The zero-order valence-corrected chi connectivity index (χ0v) is 20.1. The number of carbonyl (C=O) groups is 2. The van der Waals surface area contributed by atoms with E-state index in [0.717, 1.165) is 11.3 Å². The number of amides is 2. The van der Waals surface area contributed by atoms with Gasteiger partial charge in [0.1, 0.15) is 0 Å². The summed E-state index contributed by atoms with van der Waals surface area (Å²) in [6.07, 6.45) is -1.04. The molecule has 3 aliphatic rings. The van der Waals surface area contributed by atoms with Crippen LogP contribution in [0.1, 0.15) is 39.2 Å². The topological polar surface area (TPSA) is 99.5 Å². The molecule has 1 saturated carbocycles. The number of anilines is 1. The molecule has 2 amide bonds. The van der Waals surface area contributed by atoms with Gasteiger partial charge in [-0.25, -0.2) is 0 Å². The summed E-state index contributed by atoms with van der Waals surface area (Å²) in [5.41, 5.74) is 1.01. The molecule has 1 aromatic carbocycles. The molecule has 8 heteroatoms. The summed E-state index contributed by atoms with van der Waals surface area (Å²) in [4.78, 5) is 28.5. The van der Waals surface area contributed by atoms with Crippen LogP contribution in [-0.4, -0.2) is 78.8 Å². The standard InChI is InChI=1S/C25H36N2O6/c1-14-22(24(31)32-5)17-12-21(30)25(10-11-26(4)15(2)28)19-8-6-7-9-20(19)27(16(3)29)23(25)18(17)13-33-14/h6-9,14,17-18,21-24,30-31H,10-13H2,1-5H3/t14-,17?,18?,21?,22+,23+,24?,25?/m1/s1. The van der Waals surface area contributed by atoms with Crippen molar-refractivity contribution in [2.45, 2.75) is 63.6 Å². The van der Waals surface area contributed by atoms with Crippen molar-refractivity contribution in [3.63, 3.8) is 0 Å². The Hall–Kier alpha value is -2.00. The molecule has 33 heavy (non-hydrogen) atoms. The fourth-order valence-electron chi connectivity index (χ4n) is 6.75.